The molecule has 1 saturated heterocycles. The summed E-state index contributed by atoms with van der Waals surface area (Å²) < 4.78 is 0. The first-order valence-corrected chi connectivity index (χ1v) is 9.34. The van der Waals surface area contributed by atoms with Crippen LogP contribution in [0.3, 0.4) is 0 Å². The largest absolute Gasteiger partial charge is 0.379 e. The standard InChI is InChI=1S/C22H27NO/c1-17-21(23(17)20-15-9-4-10-16-20)22(24,18-11-5-2-6-12-18)19-13-7-3-8-14-19/h2-3,5-8,11-14,17,20-21,24H,4,9-10,15-16H2,1H3/t17-,21-,23?/m0/s1. The lowest BCUT2D eigenvalue weighted by Crippen LogP contribution is -2.38. The average molecular weight is 321 g/mol. The predicted octanol–water partition coefficient (Wildman–Crippen LogP) is 4.33. The van der Waals surface area contributed by atoms with Crippen LogP contribution >= 0.6 is 0 Å². The maximum atomic E-state index is 11.9. The smallest absolute Gasteiger partial charge is 0.132 e. The van der Waals surface area contributed by atoms with Crippen LogP contribution < -0.4 is 0 Å². The fraction of sp³-hybridized carbons (Fsp3) is 0.455. The minimum absolute atomic E-state index is 0.172. The number of nitrogens with zero attached hydrogens (tertiary/aromatic N) is 1. The zero-order valence-electron chi connectivity index (χ0n) is 14.4. The van der Waals surface area contributed by atoms with Crippen LogP contribution in [0.5, 0.6) is 0 Å². The van der Waals surface area contributed by atoms with Crippen molar-refractivity contribution in [1.82, 2.24) is 4.90 Å². The molecule has 1 aliphatic heterocycles. The Balaban J connectivity index is 1.72. The average Bonchev–Trinajstić information content (AvgIpc) is 3.35. The molecule has 24 heavy (non-hydrogen) atoms. The van der Waals surface area contributed by atoms with E-state index in [1.54, 1.807) is 0 Å². The van der Waals surface area contributed by atoms with Gasteiger partial charge in [0, 0.05) is 12.1 Å². The van der Waals surface area contributed by atoms with Crippen LogP contribution in [-0.2, 0) is 5.60 Å². The SMILES string of the molecule is C[C@H]1[C@@H](C(O)(c2ccccc2)c2ccccc2)N1C1CCCCC1. The first-order valence-electron chi connectivity index (χ1n) is 9.34. The molecule has 2 aromatic carbocycles. The Bertz CT molecular complexity index is 623. The van der Waals surface area contributed by atoms with E-state index in [4.69, 9.17) is 0 Å². The summed E-state index contributed by atoms with van der Waals surface area (Å²) in [6.07, 6.45) is 6.58. The van der Waals surface area contributed by atoms with Crippen molar-refractivity contribution in [3.8, 4) is 0 Å². The summed E-state index contributed by atoms with van der Waals surface area (Å²) in [7, 11) is 0. The van der Waals surface area contributed by atoms with Crippen molar-refractivity contribution >= 4 is 0 Å². The van der Waals surface area contributed by atoms with Gasteiger partial charge in [0.2, 0.25) is 0 Å². The quantitative estimate of drug-likeness (QED) is 0.847. The second kappa shape index (κ2) is 6.34. The van der Waals surface area contributed by atoms with Gasteiger partial charge in [0.15, 0.2) is 0 Å². The van der Waals surface area contributed by atoms with Crippen LogP contribution in [0.15, 0.2) is 60.7 Å². The van der Waals surface area contributed by atoms with E-state index in [0.717, 1.165) is 11.1 Å². The van der Waals surface area contributed by atoms with Gasteiger partial charge in [-0.1, -0.05) is 79.9 Å². The van der Waals surface area contributed by atoms with Gasteiger partial charge in [-0.25, -0.2) is 0 Å². The molecule has 1 N–H and O–H groups in total. The summed E-state index contributed by atoms with van der Waals surface area (Å²) in [6.45, 7) is 2.27. The van der Waals surface area contributed by atoms with Crippen LogP contribution in [0.1, 0.15) is 50.2 Å². The van der Waals surface area contributed by atoms with Gasteiger partial charge in [-0.15, -0.1) is 0 Å². The van der Waals surface area contributed by atoms with E-state index in [-0.39, 0.29) is 6.04 Å². The highest BCUT2D eigenvalue weighted by Crippen LogP contribution is 2.49. The van der Waals surface area contributed by atoms with Gasteiger partial charge >= 0.3 is 0 Å². The van der Waals surface area contributed by atoms with Crippen molar-refractivity contribution in [2.24, 2.45) is 0 Å². The molecule has 2 heteroatoms. The lowest BCUT2D eigenvalue weighted by molar-refractivity contribution is 0.0563. The number of rotatable bonds is 4. The zero-order chi connectivity index (χ0) is 16.6. The van der Waals surface area contributed by atoms with Gasteiger partial charge in [-0.3, -0.25) is 4.90 Å². The van der Waals surface area contributed by atoms with Crippen LogP contribution in [0, 0.1) is 0 Å². The minimum Gasteiger partial charge on any atom is -0.379 e. The van der Waals surface area contributed by atoms with Crippen molar-refractivity contribution in [2.45, 2.75) is 62.8 Å². The molecule has 0 aromatic heterocycles. The zero-order valence-corrected chi connectivity index (χ0v) is 14.4. The molecular formula is C22H27NO. The predicted molar refractivity (Wildman–Crippen MR) is 97.8 cm³/mol. The molecule has 0 radical (unpaired) electrons. The van der Waals surface area contributed by atoms with Gasteiger partial charge in [-0.05, 0) is 30.9 Å². The van der Waals surface area contributed by atoms with Gasteiger partial charge in [0.1, 0.15) is 5.60 Å². The van der Waals surface area contributed by atoms with Crippen molar-refractivity contribution < 1.29 is 5.11 Å². The molecule has 2 nitrogen and oxygen atoms in total. The Morgan fingerprint density at radius 1 is 0.833 bits per heavy atom. The normalized spacial score (nSPS) is 27.8. The van der Waals surface area contributed by atoms with Crippen LogP contribution in [0.25, 0.3) is 0 Å². The van der Waals surface area contributed by atoms with Crippen molar-refractivity contribution in [3.05, 3.63) is 71.8 Å². The second-order valence-electron chi connectivity index (χ2n) is 7.42. The first-order chi connectivity index (χ1) is 11.7. The number of aliphatic hydroxyl groups is 1. The molecule has 1 heterocycles. The number of hydrogen-bond acceptors (Lipinski definition) is 2. The second-order valence-corrected chi connectivity index (χ2v) is 7.42. The summed E-state index contributed by atoms with van der Waals surface area (Å²) >= 11 is 0. The number of hydrogen-bond donors (Lipinski definition) is 1. The lowest BCUT2D eigenvalue weighted by Gasteiger charge is -2.32. The molecule has 0 amide bonds. The van der Waals surface area contributed by atoms with Crippen LogP contribution in [-0.4, -0.2) is 28.1 Å². The highest BCUT2D eigenvalue weighted by Gasteiger charge is 2.60. The van der Waals surface area contributed by atoms with Gasteiger partial charge in [0.25, 0.3) is 0 Å². The molecule has 3 atom stereocenters. The highest BCUT2D eigenvalue weighted by atomic mass is 16.3. The van der Waals surface area contributed by atoms with Crippen molar-refractivity contribution in [1.29, 1.82) is 0 Å². The molecule has 2 aliphatic rings. The van der Waals surface area contributed by atoms with Gasteiger partial charge in [0.05, 0.1) is 6.04 Å². The Morgan fingerprint density at radius 2 is 1.33 bits per heavy atom. The summed E-state index contributed by atoms with van der Waals surface area (Å²) in [6, 6.07) is 21.7. The minimum atomic E-state index is -0.931. The first kappa shape index (κ1) is 15.9. The van der Waals surface area contributed by atoms with Crippen molar-refractivity contribution in [2.75, 3.05) is 0 Å². The topological polar surface area (TPSA) is 23.2 Å². The maximum absolute atomic E-state index is 11.9. The molecular weight excluding hydrogens is 294 g/mol. The molecule has 4 rings (SSSR count). The molecule has 1 saturated carbocycles. The third kappa shape index (κ3) is 2.58. The van der Waals surface area contributed by atoms with Gasteiger partial charge in [-0.2, -0.15) is 0 Å². The van der Waals surface area contributed by atoms with Crippen LogP contribution in [0.2, 0.25) is 0 Å². The lowest BCUT2D eigenvalue weighted by atomic mass is 9.82. The van der Waals surface area contributed by atoms with E-state index in [2.05, 4.69) is 36.1 Å². The molecule has 2 aromatic rings. The van der Waals surface area contributed by atoms with Crippen LogP contribution in [0.4, 0.5) is 0 Å². The van der Waals surface area contributed by atoms with E-state index in [1.165, 1.54) is 32.1 Å². The van der Waals surface area contributed by atoms with Crippen molar-refractivity contribution in [3.63, 3.8) is 0 Å². The highest BCUT2D eigenvalue weighted by molar-refractivity contribution is 5.41. The van der Waals surface area contributed by atoms with Gasteiger partial charge < -0.3 is 5.11 Å². The Hall–Kier alpha value is -1.64. The van der Waals surface area contributed by atoms with E-state index in [9.17, 15) is 5.11 Å². The van der Waals surface area contributed by atoms with E-state index in [0.29, 0.717) is 12.1 Å². The van der Waals surface area contributed by atoms with E-state index < -0.39 is 5.60 Å². The molecule has 1 unspecified atom stereocenters. The molecule has 2 fully saturated rings. The molecule has 126 valence electrons. The van der Waals surface area contributed by atoms with E-state index >= 15 is 0 Å². The summed E-state index contributed by atoms with van der Waals surface area (Å²) in [5.74, 6) is 0. The summed E-state index contributed by atoms with van der Waals surface area (Å²) in [5, 5.41) is 11.9. The van der Waals surface area contributed by atoms with E-state index in [1.807, 2.05) is 36.4 Å². The monoisotopic (exact) mass is 321 g/mol. The molecule has 0 spiro atoms. The summed E-state index contributed by atoms with van der Waals surface area (Å²) in [5.41, 5.74) is 1.08. The third-order valence-electron chi connectivity index (χ3n) is 6.01. The Labute approximate surface area is 145 Å². The fourth-order valence-electron chi connectivity index (χ4n) is 4.77. The Kier molecular flexibility index (Phi) is 4.19. The fourth-order valence-corrected chi connectivity index (χ4v) is 4.77. The number of benzene rings is 2. The molecule has 0 bridgehead atoms. The summed E-state index contributed by atoms with van der Waals surface area (Å²) in [4.78, 5) is 2.57. The molecule has 1 aliphatic carbocycles. The Morgan fingerprint density at radius 3 is 1.83 bits per heavy atom. The third-order valence-corrected chi connectivity index (χ3v) is 6.01. The maximum Gasteiger partial charge on any atom is 0.132 e.